The van der Waals surface area contributed by atoms with Crippen LogP contribution in [0, 0.1) is 12.3 Å². The van der Waals surface area contributed by atoms with E-state index in [0.29, 0.717) is 21.4 Å². The van der Waals surface area contributed by atoms with E-state index in [1.165, 1.54) is 6.07 Å². The molecule has 0 atom stereocenters. The van der Waals surface area contributed by atoms with Gasteiger partial charge in [-0.2, -0.15) is 4.98 Å². The molecule has 0 aliphatic rings. The molecule has 1 aromatic heterocycles. The van der Waals surface area contributed by atoms with Crippen LogP contribution in [0.25, 0.3) is 0 Å². The van der Waals surface area contributed by atoms with Crippen molar-refractivity contribution >= 4 is 40.8 Å². The van der Waals surface area contributed by atoms with Crippen LogP contribution in [0.5, 0.6) is 5.88 Å². The summed E-state index contributed by atoms with van der Waals surface area (Å²) in [5, 5.41) is 23.2. The molecule has 6 nitrogen and oxygen atoms in total. The molecular weight excluding hydrogens is 301 g/mol. The van der Waals surface area contributed by atoms with Gasteiger partial charge in [-0.3, -0.25) is 10.7 Å². The molecule has 0 spiro atoms. The van der Waals surface area contributed by atoms with Crippen molar-refractivity contribution in [3.8, 4) is 5.88 Å². The Kier molecular flexibility index (Phi) is 4.26. The highest BCUT2D eigenvalue weighted by Crippen LogP contribution is 2.29. The number of guanidine groups is 1. The third kappa shape index (κ3) is 3.49. The van der Waals surface area contributed by atoms with E-state index in [4.69, 9.17) is 28.6 Å². The molecule has 2 rings (SSSR count). The van der Waals surface area contributed by atoms with Crippen molar-refractivity contribution in [1.29, 1.82) is 5.41 Å². The summed E-state index contributed by atoms with van der Waals surface area (Å²) in [6, 6.07) is 6.45. The Balaban J connectivity index is 2.11. The van der Waals surface area contributed by atoms with Crippen molar-refractivity contribution in [2.75, 3.05) is 10.6 Å². The number of nitrogens with zero attached hydrogens (tertiary/aromatic N) is 2. The molecule has 0 amide bonds. The standard InChI is InChI=1S/C12H11Cl2N5O/c1-6-5-9(20)18-12(16-6)19-11(15)17-8-4-2-3-7(13)10(8)14/h2-5H,1H3,(H4,15,16,17,18,19,20). The minimum atomic E-state index is -0.173. The van der Waals surface area contributed by atoms with Crippen molar-refractivity contribution < 1.29 is 5.11 Å². The second-order valence-electron chi connectivity index (χ2n) is 3.92. The van der Waals surface area contributed by atoms with Gasteiger partial charge < -0.3 is 10.4 Å². The Morgan fingerprint density at radius 1 is 1.25 bits per heavy atom. The van der Waals surface area contributed by atoms with Crippen LogP contribution in [-0.4, -0.2) is 21.0 Å². The summed E-state index contributed by atoms with van der Waals surface area (Å²) in [6.07, 6.45) is 0. The fourth-order valence-corrected chi connectivity index (χ4v) is 1.83. The van der Waals surface area contributed by atoms with Gasteiger partial charge in [0.25, 0.3) is 0 Å². The van der Waals surface area contributed by atoms with E-state index in [9.17, 15) is 5.11 Å². The van der Waals surface area contributed by atoms with Gasteiger partial charge in [-0.15, -0.1) is 0 Å². The van der Waals surface area contributed by atoms with Gasteiger partial charge in [0.2, 0.25) is 11.8 Å². The van der Waals surface area contributed by atoms with Crippen LogP contribution < -0.4 is 10.6 Å². The molecule has 2 aromatic rings. The molecule has 0 radical (unpaired) electrons. The highest BCUT2D eigenvalue weighted by molar-refractivity contribution is 6.44. The monoisotopic (exact) mass is 311 g/mol. The molecule has 8 heteroatoms. The summed E-state index contributed by atoms with van der Waals surface area (Å²) >= 11 is 11.9. The lowest BCUT2D eigenvalue weighted by Crippen LogP contribution is -2.22. The number of anilines is 2. The highest BCUT2D eigenvalue weighted by atomic mass is 35.5. The Morgan fingerprint density at radius 2 is 2.00 bits per heavy atom. The molecule has 20 heavy (non-hydrogen) atoms. The predicted octanol–water partition coefficient (Wildman–Crippen LogP) is 3.26. The quantitative estimate of drug-likeness (QED) is 0.504. The van der Waals surface area contributed by atoms with E-state index in [2.05, 4.69) is 20.6 Å². The van der Waals surface area contributed by atoms with E-state index in [-0.39, 0.29) is 17.8 Å². The van der Waals surface area contributed by atoms with Crippen LogP contribution in [0.4, 0.5) is 11.6 Å². The van der Waals surface area contributed by atoms with Crippen LogP contribution in [-0.2, 0) is 0 Å². The molecular formula is C12H11Cl2N5O. The second-order valence-corrected chi connectivity index (χ2v) is 4.70. The fourth-order valence-electron chi connectivity index (χ4n) is 1.49. The van der Waals surface area contributed by atoms with Gasteiger partial charge in [0.1, 0.15) is 0 Å². The molecule has 1 heterocycles. The van der Waals surface area contributed by atoms with Gasteiger partial charge >= 0.3 is 0 Å². The summed E-state index contributed by atoms with van der Waals surface area (Å²) in [4.78, 5) is 7.78. The first-order valence-electron chi connectivity index (χ1n) is 5.57. The van der Waals surface area contributed by atoms with Crippen LogP contribution in [0.1, 0.15) is 5.69 Å². The minimum Gasteiger partial charge on any atom is -0.493 e. The molecule has 4 N–H and O–H groups in total. The number of nitrogens with one attached hydrogen (secondary N) is 3. The van der Waals surface area contributed by atoms with Crippen molar-refractivity contribution in [2.45, 2.75) is 6.92 Å². The lowest BCUT2D eigenvalue weighted by Gasteiger charge is -2.11. The van der Waals surface area contributed by atoms with Crippen LogP contribution in [0.15, 0.2) is 24.3 Å². The van der Waals surface area contributed by atoms with E-state index in [1.807, 2.05) is 0 Å². The van der Waals surface area contributed by atoms with Gasteiger partial charge in [0.05, 0.1) is 15.7 Å². The molecule has 0 bridgehead atoms. The third-order valence-electron chi connectivity index (χ3n) is 2.29. The van der Waals surface area contributed by atoms with E-state index in [0.717, 1.165) is 0 Å². The maximum Gasteiger partial charge on any atom is 0.233 e. The zero-order chi connectivity index (χ0) is 14.7. The molecule has 0 aliphatic carbocycles. The van der Waals surface area contributed by atoms with Gasteiger partial charge in [0, 0.05) is 11.8 Å². The van der Waals surface area contributed by atoms with Crippen LogP contribution in [0.2, 0.25) is 10.0 Å². The third-order valence-corrected chi connectivity index (χ3v) is 3.11. The SMILES string of the molecule is Cc1cc(O)nc(NC(=N)Nc2cccc(Cl)c2Cl)n1. The Hall–Kier alpha value is -2.05. The van der Waals surface area contributed by atoms with Crippen LogP contribution in [0.3, 0.4) is 0 Å². The molecule has 0 fully saturated rings. The Morgan fingerprint density at radius 3 is 2.70 bits per heavy atom. The van der Waals surface area contributed by atoms with E-state index >= 15 is 0 Å². The first kappa shape index (κ1) is 14.4. The lowest BCUT2D eigenvalue weighted by atomic mass is 10.3. The zero-order valence-electron chi connectivity index (χ0n) is 10.4. The molecule has 0 saturated carbocycles. The second kappa shape index (κ2) is 5.94. The van der Waals surface area contributed by atoms with Gasteiger partial charge in [-0.1, -0.05) is 29.3 Å². The lowest BCUT2D eigenvalue weighted by molar-refractivity contribution is 0.452. The van der Waals surface area contributed by atoms with E-state index < -0.39 is 0 Å². The van der Waals surface area contributed by atoms with Crippen molar-refractivity contribution in [3.05, 3.63) is 40.0 Å². The summed E-state index contributed by atoms with van der Waals surface area (Å²) < 4.78 is 0. The van der Waals surface area contributed by atoms with Crippen LogP contribution >= 0.6 is 23.2 Å². The summed E-state index contributed by atoms with van der Waals surface area (Å²) in [7, 11) is 0. The number of halogens is 2. The number of aromatic hydroxyl groups is 1. The largest absolute Gasteiger partial charge is 0.493 e. The van der Waals surface area contributed by atoms with Gasteiger partial charge in [-0.25, -0.2) is 4.98 Å². The predicted molar refractivity (Wildman–Crippen MR) is 79.9 cm³/mol. The number of rotatable bonds is 2. The Labute approximate surface area is 125 Å². The normalized spacial score (nSPS) is 10.2. The molecule has 104 valence electrons. The van der Waals surface area contributed by atoms with Crippen molar-refractivity contribution in [1.82, 2.24) is 9.97 Å². The van der Waals surface area contributed by atoms with Gasteiger partial charge in [0.15, 0.2) is 5.96 Å². The molecule has 0 aliphatic heterocycles. The number of benzene rings is 1. The highest BCUT2D eigenvalue weighted by Gasteiger charge is 2.08. The zero-order valence-corrected chi connectivity index (χ0v) is 11.9. The van der Waals surface area contributed by atoms with Gasteiger partial charge in [-0.05, 0) is 19.1 Å². The number of hydrogen-bond donors (Lipinski definition) is 4. The minimum absolute atomic E-state index is 0.0980. The first-order chi connectivity index (χ1) is 9.45. The molecule has 0 unspecified atom stereocenters. The molecule has 1 aromatic carbocycles. The fraction of sp³-hybridized carbons (Fsp3) is 0.0833. The number of aromatic nitrogens is 2. The van der Waals surface area contributed by atoms with E-state index in [1.54, 1.807) is 25.1 Å². The average Bonchev–Trinajstić information content (AvgIpc) is 2.33. The smallest absolute Gasteiger partial charge is 0.233 e. The maximum absolute atomic E-state index is 9.36. The summed E-state index contributed by atoms with van der Waals surface area (Å²) in [5.41, 5.74) is 1.06. The number of hydrogen-bond acceptors (Lipinski definition) is 4. The van der Waals surface area contributed by atoms with Crippen molar-refractivity contribution in [3.63, 3.8) is 0 Å². The Bertz CT molecular complexity index is 642. The average molecular weight is 312 g/mol. The topological polar surface area (TPSA) is 93.9 Å². The first-order valence-corrected chi connectivity index (χ1v) is 6.32. The number of aryl methyl sites for hydroxylation is 1. The summed E-state index contributed by atoms with van der Waals surface area (Å²) in [6.45, 7) is 1.71. The molecule has 0 saturated heterocycles. The maximum atomic E-state index is 9.36. The van der Waals surface area contributed by atoms with Crippen molar-refractivity contribution in [2.24, 2.45) is 0 Å². The summed E-state index contributed by atoms with van der Waals surface area (Å²) in [5.74, 6) is -0.161.